The molecule has 1 aromatic carbocycles. The van der Waals surface area contributed by atoms with E-state index in [2.05, 4.69) is 16.4 Å². The third-order valence-corrected chi connectivity index (χ3v) is 3.84. The summed E-state index contributed by atoms with van der Waals surface area (Å²) in [6.45, 7) is 0. The Hall–Kier alpha value is -0.990. The number of rotatable bonds is 1. The standard InChI is InChI=1S/C13H15ClN2/c1-15-10-6-3-7-11-12(10)8-4-2-5-9(14)13(8)16-11/h2,4-5,10,15-16H,3,6-7H2,1H3. The van der Waals surface area contributed by atoms with Gasteiger partial charge in [0.2, 0.25) is 0 Å². The first-order chi connectivity index (χ1) is 7.81. The van der Waals surface area contributed by atoms with E-state index in [0.717, 1.165) is 17.0 Å². The summed E-state index contributed by atoms with van der Waals surface area (Å²) in [5, 5.41) is 5.50. The minimum Gasteiger partial charge on any atom is -0.357 e. The zero-order chi connectivity index (χ0) is 11.1. The summed E-state index contributed by atoms with van der Waals surface area (Å²) in [5.41, 5.74) is 3.87. The summed E-state index contributed by atoms with van der Waals surface area (Å²) in [5.74, 6) is 0. The Morgan fingerprint density at radius 2 is 2.31 bits per heavy atom. The van der Waals surface area contributed by atoms with Crippen molar-refractivity contribution in [3.8, 4) is 0 Å². The fourth-order valence-electron chi connectivity index (χ4n) is 2.77. The first-order valence-corrected chi connectivity index (χ1v) is 6.15. The van der Waals surface area contributed by atoms with Gasteiger partial charge in [0.1, 0.15) is 0 Å². The van der Waals surface area contributed by atoms with Crippen LogP contribution in [0.4, 0.5) is 0 Å². The minimum atomic E-state index is 0.468. The smallest absolute Gasteiger partial charge is 0.0648 e. The molecule has 1 aromatic heterocycles. The van der Waals surface area contributed by atoms with E-state index in [1.807, 2.05) is 19.2 Å². The molecule has 84 valence electrons. The van der Waals surface area contributed by atoms with Crippen LogP contribution in [0.15, 0.2) is 18.2 Å². The van der Waals surface area contributed by atoms with Crippen molar-refractivity contribution in [3.05, 3.63) is 34.5 Å². The van der Waals surface area contributed by atoms with Gasteiger partial charge in [-0.15, -0.1) is 0 Å². The van der Waals surface area contributed by atoms with E-state index in [1.54, 1.807) is 0 Å². The number of aromatic amines is 1. The summed E-state index contributed by atoms with van der Waals surface area (Å²) >= 11 is 6.22. The molecule has 1 aliphatic carbocycles. The van der Waals surface area contributed by atoms with Crippen LogP contribution >= 0.6 is 11.6 Å². The van der Waals surface area contributed by atoms with Crippen LogP contribution in [0.2, 0.25) is 5.02 Å². The molecule has 0 fully saturated rings. The van der Waals surface area contributed by atoms with E-state index in [4.69, 9.17) is 11.6 Å². The molecule has 2 aromatic rings. The third kappa shape index (κ3) is 1.37. The second-order valence-corrected chi connectivity index (χ2v) is 4.82. The van der Waals surface area contributed by atoms with Gasteiger partial charge in [-0.25, -0.2) is 0 Å². The predicted molar refractivity (Wildman–Crippen MR) is 68.0 cm³/mol. The Kier molecular flexibility index (Phi) is 2.41. The molecule has 16 heavy (non-hydrogen) atoms. The molecule has 1 aliphatic rings. The summed E-state index contributed by atoms with van der Waals surface area (Å²) in [6.07, 6.45) is 3.59. The van der Waals surface area contributed by atoms with Gasteiger partial charge in [-0.3, -0.25) is 0 Å². The van der Waals surface area contributed by atoms with Crippen molar-refractivity contribution >= 4 is 22.5 Å². The first-order valence-electron chi connectivity index (χ1n) is 5.77. The second-order valence-electron chi connectivity index (χ2n) is 4.41. The van der Waals surface area contributed by atoms with Crippen molar-refractivity contribution < 1.29 is 0 Å². The maximum atomic E-state index is 6.22. The molecule has 0 saturated heterocycles. The van der Waals surface area contributed by atoms with Gasteiger partial charge in [-0.1, -0.05) is 23.7 Å². The number of hydrogen-bond donors (Lipinski definition) is 2. The molecule has 0 spiro atoms. The van der Waals surface area contributed by atoms with Gasteiger partial charge in [-0.2, -0.15) is 0 Å². The molecule has 0 saturated carbocycles. The lowest BCUT2D eigenvalue weighted by Crippen LogP contribution is -2.20. The minimum absolute atomic E-state index is 0.468. The van der Waals surface area contributed by atoms with E-state index >= 15 is 0 Å². The summed E-state index contributed by atoms with van der Waals surface area (Å²) in [7, 11) is 2.03. The second kappa shape index (κ2) is 3.79. The molecular weight excluding hydrogens is 220 g/mol. The molecule has 0 radical (unpaired) electrons. The summed E-state index contributed by atoms with van der Waals surface area (Å²) in [6, 6.07) is 6.60. The van der Waals surface area contributed by atoms with Crippen LogP contribution in [0.3, 0.4) is 0 Å². The van der Waals surface area contributed by atoms with E-state index in [0.29, 0.717) is 6.04 Å². The largest absolute Gasteiger partial charge is 0.357 e. The highest BCUT2D eigenvalue weighted by Crippen LogP contribution is 2.37. The molecule has 0 amide bonds. The molecule has 1 unspecified atom stereocenters. The van der Waals surface area contributed by atoms with Gasteiger partial charge in [-0.05, 0) is 37.9 Å². The number of hydrogen-bond acceptors (Lipinski definition) is 1. The molecule has 2 nitrogen and oxygen atoms in total. The Balaban J connectivity index is 2.30. The normalized spacial score (nSPS) is 20.0. The van der Waals surface area contributed by atoms with Crippen LogP contribution in [-0.2, 0) is 6.42 Å². The maximum Gasteiger partial charge on any atom is 0.0648 e. The number of H-pyrrole nitrogens is 1. The van der Waals surface area contributed by atoms with Gasteiger partial charge in [0.15, 0.2) is 0 Å². The van der Waals surface area contributed by atoms with Crippen molar-refractivity contribution in [3.63, 3.8) is 0 Å². The molecule has 3 heteroatoms. The van der Waals surface area contributed by atoms with Crippen molar-refractivity contribution in [2.24, 2.45) is 0 Å². The van der Waals surface area contributed by atoms with Gasteiger partial charge in [0.05, 0.1) is 10.5 Å². The molecule has 1 heterocycles. The fraction of sp³-hybridized carbons (Fsp3) is 0.385. The zero-order valence-electron chi connectivity index (χ0n) is 9.31. The number of para-hydroxylation sites is 1. The van der Waals surface area contributed by atoms with Gasteiger partial charge >= 0.3 is 0 Å². The number of fused-ring (bicyclic) bond motifs is 3. The van der Waals surface area contributed by atoms with Crippen molar-refractivity contribution in [1.82, 2.24) is 10.3 Å². The number of nitrogens with one attached hydrogen (secondary N) is 2. The number of benzene rings is 1. The van der Waals surface area contributed by atoms with Crippen molar-refractivity contribution in [2.75, 3.05) is 7.05 Å². The topological polar surface area (TPSA) is 27.8 Å². The molecule has 0 aliphatic heterocycles. The summed E-state index contributed by atoms with van der Waals surface area (Å²) < 4.78 is 0. The number of aromatic nitrogens is 1. The SMILES string of the molecule is CNC1CCCc2[nH]c3c(Cl)cccc3c21. The van der Waals surface area contributed by atoms with E-state index < -0.39 is 0 Å². The summed E-state index contributed by atoms with van der Waals surface area (Å²) in [4.78, 5) is 3.48. The van der Waals surface area contributed by atoms with Crippen LogP contribution in [0, 0.1) is 0 Å². The molecule has 2 N–H and O–H groups in total. The maximum absolute atomic E-state index is 6.22. The molecule has 0 bridgehead atoms. The van der Waals surface area contributed by atoms with Crippen LogP contribution in [0.5, 0.6) is 0 Å². The monoisotopic (exact) mass is 234 g/mol. The first kappa shape index (κ1) is 10.2. The Morgan fingerprint density at radius 1 is 1.44 bits per heavy atom. The Morgan fingerprint density at radius 3 is 3.12 bits per heavy atom. The van der Waals surface area contributed by atoms with Crippen LogP contribution in [-0.4, -0.2) is 12.0 Å². The van der Waals surface area contributed by atoms with Crippen molar-refractivity contribution in [2.45, 2.75) is 25.3 Å². The van der Waals surface area contributed by atoms with E-state index in [1.165, 1.54) is 29.5 Å². The van der Waals surface area contributed by atoms with Crippen LogP contribution in [0.25, 0.3) is 10.9 Å². The van der Waals surface area contributed by atoms with Crippen molar-refractivity contribution in [1.29, 1.82) is 0 Å². The average Bonchev–Trinajstić information content (AvgIpc) is 2.69. The fourth-order valence-corrected chi connectivity index (χ4v) is 2.99. The zero-order valence-corrected chi connectivity index (χ0v) is 10.1. The highest BCUT2D eigenvalue weighted by Gasteiger charge is 2.23. The number of halogens is 1. The highest BCUT2D eigenvalue weighted by atomic mass is 35.5. The van der Waals surface area contributed by atoms with Gasteiger partial charge in [0, 0.05) is 17.1 Å². The molecular formula is C13H15ClN2. The lowest BCUT2D eigenvalue weighted by Gasteiger charge is -2.22. The van der Waals surface area contributed by atoms with E-state index in [9.17, 15) is 0 Å². The number of aryl methyl sites for hydroxylation is 1. The Bertz CT molecular complexity index is 530. The predicted octanol–water partition coefficient (Wildman–Crippen LogP) is 3.42. The van der Waals surface area contributed by atoms with Gasteiger partial charge in [0.25, 0.3) is 0 Å². The lowest BCUT2D eigenvalue weighted by atomic mass is 9.91. The van der Waals surface area contributed by atoms with Crippen LogP contribution < -0.4 is 5.32 Å². The van der Waals surface area contributed by atoms with Gasteiger partial charge < -0.3 is 10.3 Å². The average molecular weight is 235 g/mol. The van der Waals surface area contributed by atoms with Crippen LogP contribution in [0.1, 0.15) is 30.1 Å². The lowest BCUT2D eigenvalue weighted by molar-refractivity contribution is 0.497. The van der Waals surface area contributed by atoms with E-state index in [-0.39, 0.29) is 0 Å². The molecule has 1 atom stereocenters. The molecule has 3 rings (SSSR count). The highest BCUT2D eigenvalue weighted by molar-refractivity contribution is 6.35. The Labute approximate surface area is 100.0 Å². The quantitative estimate of drug-likeness (QED) is 0.778. The third-order valence-electron chi connectivity index (χ3n) is 3.52.